The summed E-state index contributed by atoms with van der Waals surface area (Å²) in [6.45, 7) is 8.53. The normalized spacial score (nSPS) is 28.8. The van der Waals surface area contributed by atoms with Gasteiger partial charge in [-0.3, -0.25) is 4.90 Å². The van der Waals surface area contributed by atoms with Gasteiger partial charge in [0, 0.05) is 17.8 Å². The molecule has 0 aliphatic carbocycles. The van der Waals surface area contributed by atoms with Gasteiger partial charge in [-0.2, -0.15) is 11.8 Å². The van der Waals surface area contributed by atoms with Crippen molar-refractivity contribution in [1.29, 1.82) is 0 Å². The lowest BCUT2D eigenvalue weighted by molar-refractivity contribution is 0.0730. The van der Waals surface area contributed by atoms with E-state index in [0.29, 0.717) is 0 Å². The number of hydrogen-bond donors (Lipinski definition) is 0. The van der Waals surface area contributed by atoms with E-state index >= 15 is 0 Å². The predicted molar refractivity (Wildman–Crippen MR) is 60.0 cm³/mol. The van der Waals surface area contributed by atoms with Gasteiger partial charge in [-0.1, -0.05) is 20.8 Å². The van der Waals surface area contributed by atoms with Crippen molar-refractivity contribution in [2.75, 3.05) is 18.6 Å². The maximum Gasteiger partial charge on any atom is 0.0200 e. The molecule has 74 valence electrons. The first-order valence-corrected chi connectivity index (χ1v) is 6.20. The molecule has 1 fully saturated rings. The number of thioether (sulfide) groups is 1. The van der Waals surface area contributed by atoms with Gasteiger partial charge in [0.15, 0.2) is 0 Å². The van der Waals surface area contributed by atoms with E-state index in [1.165, 1.54) is 17.9 Å². The van der Waals surface area contributed by atoms with Crippen molar-refractivity contribution >= 4 is 11.8 Å². The minimum atomic E-state index is 0.836. The van der Waals surface area contributed by atoms with Crippen LogP contribution in [-0.4, -0.2) is 35.5 Å². The topological polar surface area (TPSA) is 3.24 Å². The molecule has 1 aliphatic heterocycles. The molecule has 12 heavy (non-hydrogen) atoms. The Morgan fingerprint density at radius 1 is 1.42 bits per heavy atom. The Hall–Kier alpha value is 0.310. The standard InChI is InChI=1S/C8H17NS.C2H6/c1-4-10-6-8-5-7(2)9(8)3;1-2/h7-8H,4-6H2,1-3H3;1-2H3. The summed E-state index contributed by atoms with van der Waals surface area (Å²) in [7, 11) is 2.23. The average molecular weight is 189 g/mol. The van der Waals surface area contributed by atoms with E-state index < -0.39 is 0 Å². The maximum absolute atomic E-state index is 2.47. The molecule has 1 heterocycles. The third-order valence-corrected chi connectivity index (χ3v) is 3.43. The van der Waals surface area contributed by atoms with Crippen LogP contribution in [0.25, 0.3) is 0 Å². The van der Waals surface area contributed by atoms with E-state index in [-0.39, 0.29) is 0 Å². The minimum Gasteiger partial charge on any atom is -0.300 e. The molecule has 0 aromatic carbocycles. The summed E-state index contributed by atoms with van der Waals surface area (Å²) in [5.74, 6) is 2.59. The van der Waals surface area contributed by atoms with Crippen molar-refractivity contribution in [2.45, 2.75) is 46.2 Å². The van der Waals surface area contributed by atoms with Gasteiger partial charge in [-0.05, 0) is 26.1 Å². The van der Waals surface area contributed by atoms with Gasteiger partial charge in [-0.15, -0.1) is 0 Å². The fourth-order valence-electron chi connectivity index (χ4n) is 1.39. The Labute approximate surface area is 81.9 Å². The van der Waals surface area contributed by atoms with E-state index in [4.69, 9.17) is 0 Å². The van der Waals surface area contributed by atoms with Crippen LogP contribution in [0.5, 0.6) is 0 Å². The second-order valence-electron chi connectivity index (χ2n) is 3.06. The van der Waals surface area contributed by atoms with Crippen molar-refractivity contribution in [2.24, 2.45) is 0 Å². The molecule has 0 amide bonds. The van der Waals surface area contributed by atoms with E-state index in [1.54, 1.807) is 0 Å². The Morgan fingerprint density at radius 2 is 2.00 bits per heavy atom. The Bertz CT molecular complexity index is 106. The second kappa shape index (κ2) is 6.79. The monoisotopic (exact) mass is 189 g/mol. The van der Waals surface area contributed by atoms with Gasteiger partial charge in [0.05, 0.1) is 0 Å². The summed E-state index contributed by atoms with van der Waals surface area (Å²) in [5.41, 5.74) is 0. The summed E-state index contributed by atoms with van der Waals surface area (Å²) in [6, 6.07) is 1.71. The third kappa shape index (κ3) is 3.36. The lowest BCUT2D eigenvalue weighted by Gasteiger charge is -2.44. The molecule has 0 aromatic heterocycles. The van der Waals surface area contributed by atoms with E-state index in [0.717, 1.165) is 12.1 Å². The smallest absolute Gasteiger partial charge is 0.0200 e. The third-order valence-electron chi connectivity index (χ3n) is 2.40. The first-order chi connectivity index (χ1) is 5.75. The number of hydrogen-bond acceptors (Lipinski definition) is 2. The highest BCUT2D eigenvalue weighted by Gasteiger charge is 2.30. The zero-order valence-electron chi connectivity index (χ0n) is 9.13. The molecule has 2 heteroatoms. The van der Waals surface area contributed by atoms with Crippen LogP contribution in [0.3, 0.4) is 0 Å². The van der Waals surface area contributed by atoms with Crippen molar-refractivity contribution < 1.29 is 0 Å². The number of rotatable bonds is 3. The maximum atomic E-state index is 2.47. The van der Waals surface area contributed by atoms with Crippen LogP contribution in [0.15, 0.2) is 0 Å². The lowest BCUT2D eigenvalue weighted by atomic mass is 9.97. The first kappa shape index (κ1) is 12.3. The Morgan fingerprint density at radius 3 is 2.33 bits per heavy atom. The van der Waals surface area contributed by atoms with Crippen LogP contribution >= 0.6 is 11.8 Å². The van der Waals surface area contributed by atoms with Crippen molar-refractivity contribution in [3.05, 3.63) is 0 Å². The van der Waals surface area contributed by atoms with Gasteiger partial charge < -0.3 is 0 Å². The summed E-state index contributed by atoms with van der Waals surface area (Å²) in [6.07, 6.45) is 1.41. The van der Waals surface area contributed by atoms with Gasteiger partial charge in [0.1, 0.15) is 0 Å². The van der Waals surface area contributed by atoms with Crippen molar-refractivity contribution in [1.82, 2.24) is 4.90 Å². The summed E-state index contributed by atoms with van der Waals surface area (Å²) >= 11 is 2.06. The van der Waals surface area contributed by atoms with Gasteiger partial charge in [-0.25, -0.2) is 0 Å². The molecule has 1 saturated heterocycles. The molecule has 0 aromatic rings. The number of nitrogens with zero attached hydrogens (tertiary/aromatic N) is 1. The van der Waals surface area contributed by atoms with Gasteiger partial charge in [0.2, 0.25) is 0 Å². The molecule has 0 spiro atoms. The van der Waals surface area contributed by atoms with Gasteiger partial charge >= 0.3 is 0 Å². The molecule has 0 N–H and O–H groups in total. The van der Waals surface area contributed by atoms with Crippen LogP contribution in [0.1, 0.15) is 34.1 Å². The van der Waals surface area contributed by atoms with Gasteiger partial charge in [0.25, 0.3) is 0 Å². The van der Waals surface area contributed by atoms with E-state index in [9.17, 15) is 0 Å². The van der Waals surface area contributed by atoms with E-state index in [1.807, 2.05) is 13.8 Å². The summed E-state index contributed by atoms with van der Waals surface area (Å²) < 4.78 is 0. The molecule has 0 saturated carbocycles. The summed E-state index contributed by atoms with van der Waals surface area (Å²) in [4.78, 5) is 2.47. The fourth-order valence-corrected chi connectivity index (χ4v) is 2.27. The van der Waals surface area contributed by atoms with Crippen molar-refractivity contribution in [3.8, 4) is 0 Å². The highest BCUT2D eigenvalue weighted by atomic mass is 32.2. The average Bonchev–Trinajstić information content (AvgIpc) is 2.14. The second-order valence-corrected chi connectivity index (χ2v) is 4.38. The van der Waals surface area contributed by atoms with Crippen LogP contribution in [0.4, 0.5) is 0 Å². The van der Waals surface area contributed by atoms with Crippen molar-refractivity contribution in [3.63, 3.8) is 0 Å². The molecule has 1 aliphatic rings. The Balaban J connectivity index is 0.000000561. The van der Waals surface area contributed by atoms with Crippen LogP contribution in [0, 0.1) is 0 Å². The zero-order chi connectivity index (χ0) is 9.56. The molecule has 0 radical (unpaired) electrons. The molecule has 1 rings (SSSR count). The highest BCUT2D eigenvalue weighted by molar-refractivity contribution is 7.99. The molecule has 0 bridgehead atoms. The quantitative estimate of drug-likeness (QED) is 0.671. The molecule has 2 unspecified atom stereocenters. The zero-order valence-corrected chi connectivity index (χ0v) is 9.95. The summed E-state index contributed by atoms with van der Waals surface area (Å²) in [5, 5.41) is 0. The SMILES string of the molecule is CC.CCSCC1CC(C)N1C. The van der Waals surface area contributed by atoms with Crippen LogP contribution < -0.4 is 0 Å². The fraction of sp³-hybridized carbons (Fsp3) is 1.00. The van der Waals surface area contributed by atoms with E-state index in [2.05, 4.69) is 37.6 Å². The largest absolute Gasteiger partial charge is 0.300 e. The Kier molecular flexibility index (Phi) is 6.96. The predicted octanol–water partition coefficient (Wildman–Crippen LogP) is 2.86. The molecule has 1 nitrogen and oxygen atoms in total. The highest BCUT2D eigenvalue weighted by Crippen LogP contribution is 2.25. The first-order valence-electron chi connectivity index (χ1n) is 5.05. The van der Waals surface area contributed by atoms with Crippen LogP contribution in [-0.2, 0) is 0 Å². The molecule has 2 atom stereocenters. The van der Waals surface area contributed by atoms with Crippen LogP contribution in [0.2, 0.25) is 0 Å². The molecular formula is C10H23NS. The minimum absolute atomic E-state index is 0.836. The lowest BCUT2D eigenvalue weighted by Crippen LogP contribution is -2.52. The number of likely N-dealkylation sites (tertiary alicyclic amines) is 1. The molecular weight excluding hydrogens is 166 g/mol.